The van der Waals surface area contributed by atoms with Crippen LogP contribution in [0.3, 0.4) is 0 Å². The summed E-state index contributed by atoms with van der Waals surface area (Å²) in [6.07, 6.45) is 1.80. The molecule has 0 N–H and O–H groups in total. The number of rotatable bonds is 6. The number of ether oxygens (including phenoxy) is 2. The zero-order chi connectivity index (χ0) is 20.1. The van der Waals surface area contributed by atoms with Gasteiger partial charge in [-0.3, -0.25) is 4.79 Å². The highest BCUT2D eigenvalue weighted by molar-refractivity contribution is 5.78. The number of benzene rings is 2. The van der Waals surface area contributed by atoms with Crippen LogP contribution in [-0.4, -0.2) is 47.8 Å². The predicted octanol–water partition coefficient (Wildman–Crippen LogP) is 3.53. The van der Waals surface area contributed by atoms with Crippen LogP contribution < -0.4 is 9.47 Å². The third kappa shape index (κ3) is 4.56. The Morgan fingerprint density at radius 3 is 2.69 bits per heavy atom. The number of hydrogen-bond donors (Lipinski definition) is 0. The molecule has 2 aromatic carbocycles. The Bertz CT molecular complexity index is 940. The van der Waals surface area contributed by atoms with E-state index in [1.807, 2.05) is 59.5 Å². The summed E-state index contributed by atoms with van der Waals surface area (Å²) in [6, 6.07) is 16.9. The largest absolute Gasteiger partial charge is 0.497 e. The van der Waals surface area contributed by atoms with Crippen molar-refractivity contribution in [3.8, 4) is 22.9 Å². The molecule has 1 aliphatic rings. The molecule has 1 amide bonds. The van der Waals surface area contributed by atoms with Crippen LogP contribution in [0.5, 0.6) is 11.5 Å². The Morgan fingerprint density at radius 1 is 1.14 bits per heavy atom. The Morgan fingerprint density at radius 2 is 1.93 bits per heavy atom. The van der Waals surface area contributed by atoms with Crippen molar-refractivity contribution in [3.05, 3.63) is 60.5 Å². The fraction of sp³-hybridized carbons (Fsp3) is 0.318. The molecule has 0 bridgehead atoms. The van der Waals surface area contributed by atoms with E-state index in [4.69, 9.17) is 14.0 Å². The number of amides is 1. The second-order valence-electron chi connectivity index (χ2n) is 6.97. The summed E-state index contributed by atoms with van der Waals surface area (Å²) in [5, 5.41) is 4.11. The number of nitrogens with zero attached hydrogens (tertiary/aromatic N) is 3. The van der Waals surface area contributed by atoms with E-state index in [1.54, 1.807) is 7.11 Å². The van der Waals surface area contributed by atoms with Gasteiger partial charge in [0.2, 0.25) is 11.7 Å². The number of carbonyl (C=O) groups is 1. The monoisotopic (exact) mass is 393 g/mol. The van der Waals surface area contributed by atoms with Gasteiger partial charge in [-0.25, -0.2) is 0 Å². The highest BCUT2D eigenvalue weighted by Gasteiger charge is 2.29. The average Bonchev–Trinajstić information content (AvgIpc) is 3.29. The van der Waals surface area contributed by atoms with Gasteiger partial charge in [-0.2, -0.15) is 4.98 Å². The van der Waals surface area contributed by atoms with Crippen LogP contribution in [0.4, 0.5) is 0 Å². The van der Waals surface area contributed by atoms with Crippen LogP contribution >= 0.6 is 0 Å². The third-order valence-corrected chi connectivity index (χ3v) is 5.02. The van der Waals surface area contributed by atoms with Gasteiger partial charge in [0.1, 0.15) is 11.5 Å². The number of piperidine rings is 1. The zero-order valence-corrected chi connectivity index (χ0v) is 16.3. The lowest BCUT2D eigenvalue weighted by Gasteiger charge is -2.30. The van der Waals surface area contributed by atoms with Crippen molar-refractivity contribution in [1.82, 2.24) is 15.0 Å². The summed E-state index contributed by atoms with van der Waals surface area (Å²) >= 11 is 0. The molecule has 1 saturated heterocycles. The molecule has 0 aliphatic carbocycles. The molecule has 7 heteroatoms. The van der Waals surface area contributed by atoms with Crippen LogP contribution in [0.25, 0.3) is 11.4 Å². The first-order valence-corrected chi connectivity index (χ1v) is 9.66. The maximum atomic E-state index is 12.6. The predicted molar refractivity (Wildman–Crippen MR) is 107 cm³/mol. The molecule has 1 aliphatic heterocycles. The van der Waals surface area contributed by atoms with E-state index in [-0.39, 0.29) is 18.4 Å². The van der Waals surface area contributed by atoms with Gasteiger partial charge in [-0.15, -0.1) is 0 Å². The van der Waals surface area contributed by atoms with Gasteiger partial charge in [0.25, 0.3) is 5.91 Å². The second-order valence-corrected chi connectivity index (χ2v) is 6.97. The van der Waals surface area contributed by atoms with Crippen molar-refractivity contribution in [3.63, 3.8) is 0 Å². The number of carbonyl (C=O) groups excluding carboxylic acids is 1. The van der Waals surface area contributed by atoms with Gasteiger partial charge < -0.3 is 18.9 Å². The van der Waals surface area contributed by atoms with Crippen molar-refractivity contribution >= 4 is 5.91 Å². The molecular weight excluding hydrogens is 370 g/mol. The molecule has 7 nitrogen and oxygen atoms in total. The molecule has 0 radical (unpaired) electrons. The Labute approximate surface area is 169 Å². The lowest BCUT2D eigenvalue weighted by atomic mass is 9.98. The van der Waals surface area contributed by atoms with Crippen molar-refractivity contribution < 1.29 is 18.8 Å². The van der Waals surface area contributed by atoms with Gasteiger partial charge >= 0.3 is 0 Å². The highest BCUT2D eigenvalue weighted by Crippen LogP contribution is 2.28. The minimum atomic E-state index is -0.0338. The first kappa shape index (κ1) is 19.0. The highest BCUT2D eigenvalue weighted by atomic mass is 16.5. The quantitative estimate of drug-likeness (QED) is 0.638. The SMILES string of the molecule is COc1ccc(-c2noc(C3CCCN(C(=O)COc4ccccc4)C3)n2)cc1. The number of para-hydroxylation sites is 1. The van der Waals surface area contributed by atoms with Gasteiger partial charge in [-0.05, 0) is 49.2 Å². The molecule has 150 valence electrons. The normalized spacial score (nSPS) is 16.4. The van der Waals surface area contributed by atoms with Crippen molar-refractivity contribution in [2.24, 2.45) is 0 Å². The Hall–Kier alpha value is -3.35. The van der Waals surface area contributed by atoms with Gasteiger partial charge in [0.05, 0.1) is 13.0 Å². The maximum Gasteiger partial charge on any atom is 0.260 e. The van der Waals surface area contributed by atoms with E-state index in [9.17, 15) is 4.79 Å². The van der Waals surface area contributed by atoms with Crippen LogP contribution in [0, 0.1) is 0 Å². The van der Waals surface area contributed by atoms with E-state index in [1.165, 1.54) is 0 Å². The van der Waals surface area contributed by atoms with E-state index in [0.29, 0.717) is 30.6 Å². The smallest absolute Gasteiger partial charge is 0.260 e. The number of aromatic nitrogens is 2. The topological polar surface area (TPSA) is 77.7 Å². The van der Waals surface area contributed by atoms with Crippen molar-refractivity contribution in [1.29, 1.82) is 0 Å². The van der Waals surface area contributed by atoms with Crippen molar-refractivity contribution in [2.45, 2.75) is 18.8 Å². The molecule has 1 unspecified atom stereocenters. The molecule has 3 aromatic rings. The second kappa shape index (κ2) is 8.77. The van der Waals surface area contributed by atoms with Crippen LogP contribution in [0.2, 0.25) is 0 Å². The van der Waals surface area contributed by atoms with Crippen LogP contribution in [0.1, 0.15) is 24.7 Å². The molecule has 1 fully saturated rings. The lowest BCUT2D eigenvalue weighted by Crippen LogP contribution is -2.41. The van der Waals surface area contributed by atoms with E-state index < -0.39 is 0 Å². The summed E-state index contributed by atoms with van der Waals surface area (Å²) in [6.45, 7) is 1.30. The summed E-state index contributed by atoms with van der Waals surface area (Å²) in [5.41, 5.74) is 0.862. The molecule has 29 heavy (non-hydrogen) atoms. The standard InChI is InChI=1S/C22H23N3O4/c1-27-18-11-9-16(10-12-18)21-23-22(29-24-21)17-6-5-13-25(14-17)20(26)15-28-19-7-3-2-4-8-19/h2-4,7-12,17H,5-6,13-15H2,1H3. The maximum absolute atomic E-state index is 12.6. The average molecular weight is 393 g/mol. The lowest BCUT2D eigenvalue weighted by molar-refractivity contribution is -0.134. The Kier molecular flexibility index (Phi) is 5.74. The van der Waals surface area contributed by atoms with Gasteiger partial charge in [-0.1, -0.05) is 23.4 Å². The Balaban J connectivity index is 1.38. The molecule has 4 rings (SSSR count). The molecule has 1 aromatic heterocycles. The number of methoxy groups -OCH3 is 1. The third-order valence-electron chi connectivity index (χ3n) is 5.02. The molecule has 2 heterocycles. The summed E-state index contributed by atoms with van der Waals surface area (Å²) in [5.74, 6) is 2.57. The van der Waals surface area contributed by atoms with Gasteiger partial charge in [0.15, 0.2) is 6.61 Å². The summed E-state index contributed by atoms with van der Waals surface area (Å²) in [4.78, 5) is 18.9. The molecular formula is C22H23N3O4. The summed E-state index contributed by atoms with van der Waals surface area (Å²) in [7, 11) is 1.63. The fourth-order valence-corrected chi connectivity index (χ4v) is 3.42. The number of likely N-dealkylation sites (tertiary alicyclic amines) is 1. The zero-order valence-electron chi connectivity index (χ0n) is 16.3. The van der Waals surface area contributed by atoms with Gasteiger partial charge in [0, 0.05) is 18.7 Å². The minimum absolute atomic E-state index is 0.0255. The van der Waals surface area contributed by atoms with E-state index in [2.05, 4.69) is 10.1 Å². The van der Waals surface area contributed by atoms with Crippen LogP contribution in [-0.2, 0) is 4.79 Å². The first-order valence-electron chi connectivity index (χ1n) is 9.66. The molecule has 0 spiro atoms. The molecule has 0 saturated carbocycles. The van der Waals surface area contributed by atoms with E-state index >= 15 is 0 Å². The van der Waals surface area contributed by atoms with Crippen LogP contribution in [0.15, 0.2) is 59.1 Å². The minimum Gasteiger partial charge on any atom is -0.497 e. The van der Waals surface area contributed by atoms with Crippen molar-refractivity contribution in [2.75, 3.05) is 26.8 Å². The number of hydrogen-bond acceptors (Lipinski definition) is 6. The fourth-order valence-electron chi connectivity index (χ4n) is 3.42. The summed E-state index contributed by atoms with van der Waals surface area (Å²) < 4.78 is 16.3. The molecule has 1 atom stereocenters. The first-order chi connectivity index (χ1) is 14.2. The van der Waals surface area contributed by atoms with E-state index in [0.717, 1.165) is 24.2 Å².